The van der Waals surface area contributed by atoms with Gasteiger partial charge in [-0.05, 0) is 76.2 Å². The van der Waals surface area contributed by atoms with Crippen LogP contribution in [0.15, 0.2) is 109 Å². The molecule has 4 aromatic carbocycles. The first-order valence-corrected chi connectivity index (χ1v) is 19.3. The summed E-state index contributed by atoms with van der Waals surface area (Å²) in [6.45, 7) is 29.4. The van der Waals surface area contributed by atoms with Crippen LogP contribution in [-0.4, -0.2) is 32.5 Å². The number of aliphatic hydroxyl groups excluding tert-OH is 1. The van der Waals surface area contributed by atoms with E-state index >= 15 is 0 Å². The topological polar surface area (TPSA) is 47.5 Å². The number of anilines is 2. The lowest BCUT2D eigenvalue weighted by molar-refractivity contribution is 0.167. The van der Waals surface area contributed by atoms with E-state index in [9.17, 15) is 0 Å². The Balaban J connectivity index is 0.00000170. The average Bonchev–Trinajstić information content (AvgIpc) is 3.37. The monoisotopic (exact) mass is 696 g/mol. The Morgan fingerprint density at radius 3 is 1.73 bits per heavy atom. The van der Waals surface area contributed by atoms with Gasteiger partial charge in [-0.1, -0.05) is 175 Å². The number of rotatable bonds is 7. The number of nitrogens with one attached hydrogen (secondary N) is 2. The van der Waals surface area contributed by atoms with Crippen LogP contribution < -0.4 is 15.5 Å². The summed E-state index contributed by atoms with van der Waals surface area (Å²) in [6.07, 6.45) is 10.8. The van der Waals surface area contributed by atoms with Crippen LogP contribution in [0.1, 0.15) is 108 Å². The fraction of sp³-hybridized carbons (Fsp3) is 0.447. The average molecular weight is 696 g/mol. The van der Waals surface area contributed by atoms with Gasteiger partial charge >= 0.3 is 0 Å². The number of allylic oxidation sites excluding steroid dienone is 6. The highest BCUT2D eigenvalue weighted by Gasteiger charge is 2.39. The summed E-state index contributed by atoms with van der Waals surface area (Å²) >= 11 is 0. The van der Waals surface area contributed by atoms with Gasteiger partial charge in [0.1, 0.15) is 6.23 Å². The summed E-state index contributed by atoms with van der Waals surface area (Å²) in [7, 11) is 5.90. The van der Waals surface area contributed by atoms with Crippen molar-refractivity contribution >= 4 is 32.9 Å². The van der Waals surface area contributed by atoms with Crippen molar-refractivity contribution in [2.24, 2.45) is 5.92 Å². The molecule has 0 radical (unpaired) electrons. The van der Waals surface area contributed by atoms with Crippen LogP contribution in [0.5, 0.6) is 0 Å². The fourth-order valence-corrected chi connectivity index (χ4v) is 6.28. The van der Waals surface area contributed by atoms with Crippen LogP contribution in [0.4, 0.5) is 11.4 Å². The molecule has 0 aliphatic carbocycles. The summed E-state index contributed by atoms with van der Waals surface area (Å²) in [6, 6.07) is 26.3. The van der Waals surface area contributed by atoms with E-state index < -0.39 is 0 Å². The van der Waals surface area contributed by atoms with E-state index in [-0.39, 0.29) is 17.1 Å². The van der Waals surface area contributed by atoms with Gasteiger partial charge in [0.25, 0.3) is 0 Å². The van der Waals surface area contributed by atoms with Crippen LogP contribution in [-0.2, 0) is 10.8 Å². The number of fused-ring (bicyclic) bond motifs is 4. The van der Waals surface area contributed by atoms with Crippen molar-refractivity contribution in [3.05, 3.63) is 120 Å². The molecule has 0 amide bonds. The molecule has 2 atom stereocenters. The minimum atomic E-state index is -0.366. The van der Waals surface area contributed by atoms with Crippen LogP contribution in [0.25, 0.3) is 21.5 Å². The van der Waals surface area contributed by atoms with Crippen molar-refractivity contribution in [1.29, 1.82) is 0 Å². The molecule has 1 aliphatic heterocycles. The summed E-state index contributed by atoms with van der Waals surface area (Å²) in [4.78, 5) is 2.35. The molecule has 1 aliphatic rings. The van der Waals surface area contributed by atoms with Gasteiger partial charge in [0.2, 0.25) is 0 Å². The standard InChI is InChI=1S/C36H40N2.C3H9NO.4C2H6/c1-25(35(2,3)33-28-18-13-11-16-26(28)21-23-30(33)37-6)15-9-8-10-20-32-36(4,5)34-29-19-14-12-17-27(29)22-24-31(34)38(32)7;1-3(5)4-2;4*1-2/h8-25,37H,1-7H3;3-5H,1-2H3;4*1-2H3/b10-8+,15-9+,32-20+;;;;;. The zero-order valence-electron chi connectivity index (χ0n) is 35.4. The van der Waals surface area contributed by atoms with Crippen LogP contribution >= 0.6 is 0 Å². The second-order valence-electron chi connectivity index (χ2n) is 12.6. The Bertz CT molecular complexity index is 1660. The number of likely N-dealkylation sites (N-methyl/N-ethyl adjacent to an activating group) is 1. The molecule has 0 spiro atoms. The van der Waals surface area contributed by atoms with Gasteiger partial charge in [0.15, 0.2) is 0 Å². The minimum absolute atomic E-state index is 0.0433. The largest absolute Gasteiger partial charge is 0.388 e. The van der Waals surface area contributed by atoms with E-state index in [1.807, 2.05) is 62.4 Å². The number of hydrogen-bond donors (Lipinski definition) is 3. The van der Waals surface area contributed by atoms with Gasteiger partial charge in [0.05, 0.1) is 0 Å². The molecule has 3 N–H and O–H groups in total. The second kappa shape index (κ2) is 23.6. The zero-order valence-corrected chi connectivity index (χ0v) is 35.4. The van der Waals surface area contributed by atoms with Crippen LogP contribution in [0.2, 0.25) is 0 Å². The Labute approximate surface area is 313 Å². The van der Waals surface area contributed by atoms with E-state index in [0.717, 1.165) is 0 Å². The zero-order chi connectivity index (χ0) is 39.4. The Kier molecular flexibility index (Phi) is 21.8. The molecule has 4 nitrogen and oxygen atoms in total. The molecule has 0 saturated carbocycles. The SMILES string of the molecule is CC.CC.CC.CC.CNC(C)O.CNc1ccc2ccccc2c1C(C)(C)C(C)/C=C/C=C/C=C1/N(C)c2ccc3ccccc3c2C1(C)C. The van der Waals surface area contributed by atoms with Crippen molar-refractivity contribution in [1.82, 2.24) is 5.32 Å². The molecule has 4 heteroatoms. The quantitative estimate of drug-likeness (QED) is 0.133. The van der Waals surface area contributed by atoms with Crippen molar-refractivity contribution in [3.63, 3.8) is 0 Å². The van der Waals surface area contributed by atoms with Crippen molar-refractivity contribution < 1.29 is 5.11 Å². The molecule has 282 valence electrons. The maximum absolute atomic E-state index is 8.25. The first kappa shape index (κ1) is 47.1. The molecular weight excluding hydrogens is 623 g/mol. The lowest BCUT2D eigenvalue weighted by Crippen LogP contribution is -2.26. The summed E-state index contributed by atoms with van der Waals surface area (Å²) in [5.41, 5.74) is 6.50. The predicted octanol–water partition coefficient (Wildman–Crippen LogP) is 13.0. The van der Waals surface area contributed by atoms with Gasteiger partial charge in [-0.3, -0.25) is 5.32 Å². The summed E-state index contributed by atoms with van der Waals surface area (Å²) < 4.78 is 0. The predicted molar refractivity (Wildman–Crippen MR) is 234 cm³/mol. The lowest BCUT2D eigenvalue weighted by Gasteiger charge is -2.33. The Hall–Kier alpha value is -3.86. The maximum Gasteiger partial charge on any atom is 0.101 e. The van der Waals surface area contributed by atoms with E-state index in [4.69, 9.17) is 5.11 Å². The Morgan fingerprint density at radius 2 is 1.20 bits per heavy atom. The molecule has 0 bridgehead atoms. The molecule has 4 aromatic rings. The van der Waals surface area contributed by atoms with Crippen molar-refractivity contribution in [2.75, 3.05) is 31.4 Å². The maximum atomic E-state index is 8.25. The molecular formula is C47H73N3O. The first-order chi connectivity index (χ1) is 24.4. The van der Waals surface area contributed by atoms with Gasteiger partial charge < -0.3 is 15.3 Å². The second-order valence-corrected chi connectivity index (χ2v) is 12.6. The summed E-state index contributed by atoms with van der Waals surface area (Å²) in [5, 5.41) is 19.5. The molecule has 0 fully saturated rings. The molecule has 5 rings (SSSR count). The number of benzene rings is 4. The van der Waals surface area contributed by atoms with Gasteiger partial charge in [0, 0.05) is 36.6 Å². The highest BCUT2D eigenvalue weighted by atomic mass is 16.3. The van der Waals surface area contributed by atoms with Gasteiger partial charge in [-0.15, -0.1) is 0 Å². The number of nitrogens with zero attached hydrogens (tertiary/aromatic N) is 1. The highest BCUT2D eigenvalue weighted by molar-refractivity contribution is 5.95. The third-order valence-electron chi connectivity index (χ3n) is 9.17. The third-order valence-corrected chi connectivity index (χ3v) is 9.17. The van der Waals surface area contributed by atoms with Crippen LogP contribution in [0.3, 0.4) is 0 Å². The van der Waals surface area contributed by atoms with E-state index in [1.54, 1.807) is 14.0 Å². The van der Waals surface area contributed by atoms with Crippen molar-refractivity contribution in [2.45, 2.75) is 114 Å². The molecule has 51 heavy (non-hydrogen) atoms. The Morgan fingerprint density at radius 1 is 0.706 bits per heavy atom. The van der Waals surface area contributed by atoms with Gasteiger partial charge in [-0.25, -0.2) is 0 Å². The number of hydrogen-bond acceptors (Lipinski definition) is 4. The summed E-state index contributed by atoms with van der Waals surface area (Å²) in [5.74, 6) is 0.346. The van der Waals surface area contributed by atoms with Crippen LogP contribution in [0, 0.1) is 5.92 Å². The van der Waals surface area contributed by atoms with Crippen molar-refractivity contribution in [3.8, 4) is 0 Å². The minimum Gasteiger partial charge on any atom is -0.388 e. The van der Waals surface area contributed by atoms with E-state index in [0.29, 0.717) is 5.92 Å². The lowest BCUT2D eigenvalue weighted by atomic mass is 9.71. The fourth-order valence-electron chi connectivity index (χ4n) is 6.28. The smallest absolute Gasteiger partial charge is 0.101 e. The van der Waals surface area contributed by atoms with E-state index in [2.05, 4.69) is 160 Å². The van der Waals surface area contributed by atoms with E-state index in [1.165, 1.54) is 49.7 Å². The third kappa shape index (κ3) is 11.6. The highest BCUT2D eigenvalue weighted by Crippen LogP contribution is 2.50. The normalized spacial score (nSPS) is 14.8. The molecule has 1 heterocycles. The molecule has 2 unspecified atom stereocenters. The molecule has 0 aromatic heterocycles. The first-order valence-electron chi connectivity index (χ1n) is 19.3. The molecule has 0 saturated heterocycles. The van der Waals surface area contributed by atoms with Gasteiger partial charge in [-0.2, -0.15) is 0 Å². The number of aliphatic hydroxyl groups is 1.